The van der Waals surface area contributed by atoms with Crippen molar-refractivity contribution in [2.75, 3.05) is 0 Å². The first-order valence-electron chi connectivity index (χ1n) is 0.582. The molecule has 4 heteroatoms. The Balaban J connectivity index is 0. The Kier molecular flexibility index (Phi) is 11.6. The van der Waals surface area contributed by atoms with Crippen LogP contribution in [0.3, 0.4) is 0 Å². The van der Waals surface area contributed by atoms with Gasteiger partial charge in [-0.25, -0.2) is 0 Å². The second-order valence-electron chi connectivity index (χ2n) is 0.226. The van der Waals surface area contributed by atoms with Gasteiger partial charge in [0, 0.05) is 66.2 Å². The molecule has 0 N–H and O–H groups in total. The van der Waals surface area contributed by atoms with Crippen molar-refractivity contribution in [3.05, 3.63) is 0 Å². The molecule has 0 fully saturated rings. The molecule has 0 amide bonds. The molecule has 0 unspecified atom stereocenters. The van der Waals surface area contributed by atoms with Gasteiger partial charge in [-0.05, 0) is 0 Å². The third kappa shape index (κ3) is 25.7. The average Bonchev–Trinajstić information content (AvgIpc) is 0.811. The fourth-order valence-corrected chi connectivity index (χ4v) is 0. The Hall–Kier alpha value is 1.82. The normalized spacial score (nSPS) is 5.20. The summed E-state index contributed by atoms with van der Waals surface area (Å²) in [6, 6.07) is 0. The minimum absolute atomic E-state index is 0. The monoisotopic (exact) mass is 477 g/mol. The van der Waals surface area contributed by atoms with Crippen LogP contribution < -0.4 is 0 Å². The summed E-state index contributed by atoms with van der Waals surface area (Å²) in [5, 5.41) is 0. The number of carbonyl (C=O) groups is 1. The zero-order valence-electron chi connectivity index (χ0n) is 1.98. The van der Waals surface area contributed by atoms with E-state index in [1.54, 1.807) is 45.2 Å². The van der Waals surface area contributed by atoms with E-state index in [1.165, 1.54) is 0 Å². The van der Waals surface area contributed by atoms with Gasteiger partial charge in [0.1, 0.15) is 0 Å². The molecule has 0 radical (unpaired) electrons. The molecular weight excluding hydrogens is 477 g/mol. The second-order valence-corrected chi connectivity index (χ2v) is 4.25. The molecular formula is CI2OPt. The Morgan fingerprint density at radius 1 is 1.40 bits per heavy atom. The van der Waals surface area contributed by atoms with Gasteiger partial charge in [-0.1, -0.05) is 0 Å². The SMILES string of the molecule is O=C(I)I.[Pt]. The van der Waals surface area contributed by atoms with Gasteiger partial charge in [0.25, 0.3) is 1.80 Å². The van der Waals surface area contributed by atoms with Crippen molar-refractivity contribution in [2.24, 2.45) is 0 Å². The fraction of sp³-hybridized carbons (Fsp3) is 0. The minimum Gasteiger partial charge on any atom is -0.276 e. The van der Waals surface area contributed by atoms with Crippen LogP contribution in [-0.2, 0) is 21.1 Å². The van der Waals surface area contributed by atoms with Crippen molar-refractivity contribution >= 4 is 47.0 Å². The summed E-state index contributed by atoms with van der Waals surface area (Å²) < 4.78 is 0.107. The van der Waals surface area contributed by atoms with Gasteiger partial charge in [0.2, 0.25) is 0 Å². The van der Waals surface area contributed by atoms with Crippen LogP contribution in [0.25, 0.3) is 0 Å². The predicted octanol–water partition coefficient (Wildman–Crippen LogP) is 1.97. The zero-order valence-corrected chi connectivity index (χ0v) is 8.57. The van der Waals surface area contributed by atoms with E-state index < -0.39 is 0 Å². The van der Waals surface area contributed by atoms with Gasteiger partial charge in [-0.2, -0.15) is 0 Å². The predicted molar refractivity (Wildman–Crippen MR) is 33.4 cm³/mol. The summed E-state index contributed by atoms with van der Waals surface area (Å²) in [5.74, 6) is 0. The van der Waals surface area contributed by atoms with E-state index >= 15 is 0 Å². The summed E-state index contributed by atoms with van der Waals surface area (Å²) >= 11 is 3.38. The van der Waals surface area contributed by atoms with Crippen LogP contribution in [0, 0.1) is 0 Å². The van der Waals surface area contributed by atoms with Crippen LogP contribution in [0.4, 0.5) is 4.79 Å². The second kappa shape index (κ2) is 5.82. The maximum absolute atomic E-state index is 9.42. The molecule has 0 atom stereocenters. The van der Waals surface area contributed by atoms with Gasteiger partial charge < -0.3 is 0 Å². The molecule has 0 rings (SSSR count). The first-order chi connectivity index (χ1) is 1.73. The molecule has 0 aromatic rings. The molecule has 5 heavy (non-hydrogen) atoms. The van der Waals surface area contributed by atoms with Crippen molar-refractivity contribution < 1.29 is 25.9 Å². The van der Waals surface area contributed by atoms with Gasteiger partial charge in [0.15, 0.2) is 0 Å². The summed E-state index contributed by atoms with van der Waals surface area (Å²) in [4.78, 5) is 9.42. The molecule has 0 aromatic carbocycles. The van der Waals surface area contributed by atoms with E-state index in [2.05, 4.69) is 0 Å². The van der Waals surface area contributed by atoms with Crippen LogP contribution in [0.1, 0.15) is 0 Å². The van der Waals surface area contributed by atoms with E-state index in [0.29, 0.717) is 0 Å². The number of rotatable bonds is 0. The van der Waals surface area contributed by atoms with Crippen molar-refractivity contribution in [3.63, 3.8) is 0 Å². The van der Waals surface area contributed by atoms with Crippen LogP contribution in [-0.4, -0.2) is 1.80 Å². The standard InChI is InChI=1S/CI2O.Pt/c2-1(3)4;. The van der Waals surface area contributed by atoms with Crippen LogP contribution >= 0.6 is 45.2 Å². The maximum Gasteiger partial charge on any atom is 0.251 e. The van der Waals surface area contributed by atoms with Crippen molar-refractivity contribution in [1.82, 2.24) is 0 Å². The summed E-state index contributed by atoms with van der Waals surface area (Å²) in [6.45, 7) is 0. The summed E-state index contributed by atoms with van der Waals surface area (Å²) in [6.07, 6.45) is 0. The molecule has 0 saturated heterocycles. The molecule has 0 spiro atoms. The molecule has 0 bridgehead atoms. The Labute approximate surface area is 71.8 Å². The maximum atomic E-state index is 9.42. The number of hydrogen-bond acceptors (Lipinski definition) is 1. The van der Waals surface area contributed by atoms with E-state index in [0.717, 1.165) is 0 Å². The molecule has 0 heterocycles. The quantitative estimate of drug-likeness (QED) is 0.386. The average molecular weight is 477 g/mol. The van der Waals surface area contributed by atoms with Crippen molar-refractivity contribution in [3.8, 4) is 0 Å². The molecule has 0 saturated carbocycles. The summed E-state index contributed by atoms with van der Waals surface area (Å²) in [5.41, 5.74) is 0. The van der Waals surface area contributed by atoms with Crippen molar-refractivity contribution in [2.45, 2.75) is 0 Å². The van der Waals surface area contributed by atoms with Crippen LogP contribution in [0.15, 0.2) is 0 Å². The topological polar surface area (TPSA) is 17.1 Å². The van der Waals surface area contributed by atoms with Gasteiger partial charge in [-0.15, -0.1) is 0 Å². The molecule has 34 valence electrons. The van der Waals surface area contributed by atoms with Gasteiger partial charge in [-0.3, -0.25) is 4.79 Å². The third-order valence-electron chi connectivity index (χ3n) is 0. The van der Waals surface area contributed by atoms with Crippen molar-refractivity contribution in [1.29, 1.82) is 0 Å². The third-order valence-corrected chi connectivity index (χ3v) is 0. The Bertz CT molecular complexity index is 32.6. The molecule has 0 aliphatic carbocycles. The molecule has 0 aromatic heterocycles. The molecule has 0 aliphatic rings. The minimum atomic E-state index is 0. The van der Waals surface area contributed by atoms with E-state index in [9.17, 15) is 4.79 Å². The fourth-order valence-electron chi connectivity index (χ4n) is 0. The van der Waals surface area contributed by atoms with E-state index in [-0.39, 0.29) is 22.9 Å². The Morgan fingerprint density at radius 3 is 1.40 bits per heavy atom. The smallest absolute Gasteiger partial charge is 0.251 e. The van der Waals surface area contributed by atoms with E-state index in [4.69, 9.17) is 0 Å². The summed E-state index contributed by atoms with van der Waals surface area (Å²) in [7, 11) is 0. The molecule has 0 aliphatic heterocycles. The first-order valence-corrected chi connectivity index (χ1v) is 2.74. The number of halogens is 2. The van der Waals surface area contributed by atoms with Crippen LogP contribution in [0.2, 0.25) is 0 Å². The largest absolute Gasteiger partial charge is 0.276 e. The Morgan fingerprint density at radius 2 is 1.40 bits per heavy atom. The van der Waals surface area contributed by atoms with Gasteiger partial charge >= 0.3 is 0 Å². The first kappa shape index (κ1) is 9.94. The zero-order chi connectivity index (χ0) is 3.58. The van der Waals surface area contributed by atoms with E-state index in [1.807, 2.05) is 0 Å². The number of hydrogen-bond donors (Lipinski definition) is 0. The van der Waals surface area contributed by atoms with Gasteiger partial charge in [0.05, 0.1) is 0 Å². The van der Waals surface area contributed by atoms with Crippen LogP contribution in [0.5, 0.6) is 0 Å². The molecule has 1 nitrogen and oxygen atoms in total. The number of carbonyl (C=O) groups excluding carboxylic acids is 1.